The highest BCUT2D eigenvalue weighted by Crippen LogP contribution is 2.42. The average Bonchev–Trinajstić information content (AvgIpc) is 3.63. The number of imidazole rings is 1. The van der Waals surface area contributed by atoms with E-state index in [1.807, 2.05) is 54.6 Å². The van der Waals surface area contributed by atoms with Gasteiger partial charge in [-0.25, -0.2) is 23.4 Å². The Bertz CT molecular complexity index is 2000. The van der Waals surface area contributed by atoms with Crippen molar-refractivity contribution >= 4 is 54.4 Å². The predicted octanol–water partition coefficient (Wildman–Crippen LogP) is 6.57. The van der Waals surface area contributed by atoms with Crippen LogP contribution in [0.4, 0.5) is 0 Å². The van der Waals surface area contributed by atoms with Gasteiger partial charge in [0, 0.05) is 36.1 Å². The fourth-order valence-electron chi connectivity index (χ4n) is 5.18. The predicted molar refractivity (Wildman–Crippen MR) is 167 cm³/mol. The fourth-order valence-corrected chi connectivity index (χ4v) is 8.72. The number of sulfonamides is 1. The molecule has 0 bridgehead atoms. The van der Waals surface area contributed by atoms with E-state index in [0.29, 0.717) is 44.2 Å². The number of hydrogen-bond acceptors (Lipinski definition) is 8. The van der Waals surface area contributed by atoms with Crippen LogP contribution in [0, 0.1) is 0 Å². The zero-order chi connectivity index (χ0) is 28.7. The second-order valence-electron chi connectivity index (χ2n) is 9.82. The van der Waals surface area contributed by atoms with Crippen molar-refractivity contribution in [3.05, 3.63) is 84.2 Å². The van der Waals surface area contributed by atoms with Crippen molar-refractivity contribution in [3.8, 4) is 22.5 Å². The molecule has 7 rings (SSSR count). The molecule has 1 aliphatic rings. The minimum absolute atomic E-state index is 0.245. The molecule has 3 aromatic heterocycles. The lowest BCUT2D eigenvalue weighted by atomic mass is 10.1. The molecule has 3 aromatic carbocycles. The number of aryl methyl sites for hydroxylation is 1. The van der Waals surface area contributed by atoms with Crippen molar-refractivity contribution in [1.82, 2.24) is 23.8 Å². The van der Waals surface area contributed by atoms with Gasteiger partial charge in [0.1, 0.15) is 9.86 Å². The number of nitrogens with zero attached hydrogens (tertiary/aromatic N) is 5. The Kier molecular flexibility index (Phi) is 7.28. The monoisotopic (exact) mass is 613 g/mol. The molecule has 11 heteroatoms. The standard InChI is InChI=1S/C31H27N5O3S3/c1-2-36-26-14-13-23(42(37,38)35-15-17-39-18-16-35)19-25(26)32-31(36)41-30-27-24(21-9-5-3-6-10-21)20-40-29(27)33-28(34-30)22-11-7-4-8-12-22/h3-14,19-20H,2,15-18H2,1H3. The van der Waals surface area contributed by atoms with E-state index in [9.17, 15) is 8.42 Å². The number of hydrogen-bond donors (Lipinski definition) is 0. The molecule has 4 heterocycles. The number of benzene rings is 3. The van der Waals surface area contributed by atoms with E-state index in [1.165, 1.54) is 16.1 Å². The summed E-state index contributed by atoms with van der Waals surface area (Å²) in [7, 11) is -3.64. The summed E-state index contributed by atoms with van der Waals surface area (Å²) in [4.78, 5) is 16.1. The summed E-state index contributed by atoms with van der Waals surface area (Å²) in [6, 6.07) is 25.5. The Morgan fingerprint density at radius 1 is 0.905 bits per heavy atom. The van der Waals surface area contributed by atoms with Gasteiger partial charge < -0.3 is 9.30 Å². The summed E-state index contributed by atoms with van der Waals surface area (Å²) in [5.41, 5.74) is 4.64. The van der Waals surface area contributed by atoms with Crippen LogP contribution < -0.4 is 0 Å². The molecule has 212 valence electrons. The molecule has 0 saturated carbocycles. The van der Waals surface area contributed by atoms with Gasteiger partial charge in [0.05, 0.1) is 34.5 Å². The Morgan fingerprint density at radius 2 is 1.62 bits per heavy atom. The SMILES string of the molecule is CCn1c(Sc2nc(-c3ccccc3)nc3scc(-c4ccccc4)c23)nc2cc(S(=O)(=O)N3CCOCC3)ccc21. The van der Waals surface area contributed by atoms with E-state index in [0.717, 1.165) is 42.6 Å². The lowest BCUT2D eigenvalue weighted by Gasteiger charge is -2.26. The molecule has 0 unspecified atom stereocenters. The van der Waals surface area contributed by atoms with Gasteiger partial charge in [0.2, 0.25) is 10.0 Å². The summed E-state index contributed by atoms with van der Waals surface area (Å²) in [5, 5.41) is 4.68. The molecule has 0 aliphatic carbocycles. The number of morpholine rings is 1. The van der Waals surface area contributed by atoms with Crippen LogP contribution in [0.5, 0.6) is 0 Å². The maximum atomic E-state index is 13.4. The summed E-state index contributed by atoms with van der Waals surface area (Å²) in [5.74, 6) is 0.658. The molecule has 6 aromatic rings. The second kappa shape index (κ2) is 11.2. The number of aromatic nitrogens is 4. The van der Waals surface area contributed by atoms with Crippen LogP contribution in [0.2, 0.25) is 0 Å². The van der Waals surface area contributed by atoms with Gasteiger partial charge in [0.15, 0.2) is 11.0 Å². The van der Waals surface area contributed by atoms with Gasteiger partial charge in [0.25, 0.3) is 0 Å². The molecule has 0 spiro atoms. The number of rotatable bonds is 7. The van der Waals surface area contributed by atoms with E-state index in [-0.39, 0.29) is 4.90 Å². The summed E-state index contributed by atoms with van der Waals surface area (Å²) < 4.78 is 35.7. The largest absolute Gasteiger partial charge is 0.379 e. The summed E-state index contributed by atoms with van der Waals surface area (Å²) in [6.45, 7) is 4.24. The first-order valence-electron chi connectivity index (χ1n) is 13.7. The van der Waals surface area contributed by atoms with Gasteiger partial charge in [-0.1, -0.05) is 60.7 Å². The molecule has 1 aliphatic heterocycles. The van der Waals surface area contributed by atoms with Crippen LogP contribution in [0.25, 0.3) is 43.8 Å². The van der Waals surface area contributed by atoms with Crippen LogP contribution in [-0.2, 0) is 21.3 Å². The lowest BCUT2D eigenvalue weighted by Crippen LogP contribution is -2.40. The highest BCUT2D eigenvalue weighted by atomic mass is 32.2. The maximum Gasteiger partial charge on any atom is 0.243 e. The molecule has 0 radical (unpaired) electrons. The van der Waals surface area contributed by atoms with Crippen LogP contribution in [0.1, 0.15) is 6.92 Å². The van der Waals surface area contributed by atoms with E-state index < -0.39 is 10.0 Å². The molecule has 0 amide bonds. The van der Waals surface area contributed by atoms with E-state index in [4.69, 9.17) is 19.7 Å². The third-order valence-corrected chi connectivity index (χ3v) is 11.1. The van der Waals surface area contributed by atoms with E-state index in [2.05, 4.69) is 29.0 Å². The van der Waals surface area contributed by atoms with Gasteiger partial charge in [-0.3, -0.25) is 0 Å². The number of thiophene rings is 1. The zero-order valence-electron chi connectivity index (χ0n) is 22.8. The lowest BCUT2D eigenvalue weighted by molar-refractivity contribution is 0.0730. The average molecular weight is 614 g/mol. The Morgan fingerprint density at radius 3 is 2.33 bits per heavy atom. The quantitative estimate of drug-likeness (QED) is 0.188. The van der Waals surface area contributed by atoms with Crippen molar-refractivity contribution < 1.29 is 13.2 Å². The summed E-state index contributed by atoms with van der Waals surface area (Å²) in [6.07, 6.45) is 0. The molecule has 42 heavy (non-hydrogen) atoms. The zero-order valence-corrected chi connectivity index (χ0v) is 25.3. The van der Waals surface area contributed by atoms with Crippen molar-refractivity contribution in [3.63, 3.8) is 0 Å². The first-order valence-corrected chi connectivity index (χ1v) is 16.8. The molecule has 0 atom stereocenters. The Labute approximate surface area is 252 Å². The first-order chi connectivity index (χ1) is 20.5. The maximum absolute atomic E-state index is 13.4. The van der Waals surface area contributed by atoms with E-state index >= 15 is 0 Å². The van der Waals surface area contributed by atoms with Gasteiger partial charge in [-0.2, -0.15) is 4.31 Å². The topological polar surface area (TPSA) is 90.2 Å². The van der Waals surface area contributed by atoms with E-state index in [1.54, 1.807) is 23.5 Å². The third kappa shape index (κ3) is 4.91. The highest BCUT2D eigenvalue weighted by Gasteiger charge is 2.27. The first kappa shape index (κ1) is 27.2. The smallest absolute Gasteiger partial charge is 0.243 e. The normalized spacial score (nSPS) is 14.6. The van der Waals surface area contributed by atoms with Crippen LogP contribution >= 0.6 is 23.1 Å². The second-order valence-corrected chi connectivity index (χ2v) is 13.6. The molecule has 0 N–H and O–H groups in total. The van der Waals surface area contributed by atoms with Crippen molar-refractivity contribution in [1.29, 1.82) is 0 Å². The van der Waals surface area contributed by atoms with Gasteiger partial charge in [-0.15, -0.1) is 11.3 Å². The van der Waals surface area contributed by atoms with Gasteiger partial charge in [-0.05, 0) is 42.4 Å². The molecule has 1 saturated heterocycles. The number of ether oxygens (including phenoxy) is 1. The molecule has 8 nitrogen and oxygen atoms in total. The van der Waals surface area contributed by atoms with Crippen molar-refractivity contribution in [2.75, 3.05) is 26.3 Å². The molecular formula is C31H27N5O3S3. The summed E-state index contributed by atoms with van der Waals surface area (Å²) >= 11 is 3.09. The van der Waals surface area contributed by atoms with Crippen LogP contribution in [-0.4, -0.2) is 58.5 Å². The highest BCUT2D eigenvalue weighted by molar-refractivity contribution is 7.99. The van der Waals surface area contributed by atoms with Crippen LogP contribution in [0.15, 0.2) is 99.3 Å². The minimum atomic E-state index is -3.64. The molecule has 1 fully saturated rings. The van der Waals surface area contributed by atoms with Crippen molar-refractivity contribution in [2.24, 2.45) is 0 Å². The Hall–Kier alpha value is -3.61. The Balaban J connectivity index is 1.36. The van der Waals surface area contributed by atoms with Crippen LogP contribution in [0.3, 0.4) is 0 Å². The fraction of sp³-hybridized carbons (Fsp3) is 0.194. The molecular weight excluding hydrogens is 587 g/mol. The van der Waals surface area contributed by atoms with Gasteiger partial charge >= 0.3 is 0 Å². The van der Waals surface area contributed by atoms with Crippen molar-refractivity contribution in [2.45, 2.75) is 28.5 Å². The minimum Gasteiger partial charge on any atom is -0.379 e. The number of fused-ring (bicyclic) bond motifs is 2. The third-order valence-electron chi connectivity index (χ3n) is 7.31.